The van der Waals surface area contributed by atoms with Crippen LogP contribution in [0.5, 0.6) is 0 Å². The lowest BCUT2D eigenvalue weighted by molar-refractivity contribution is -0.385. The standard InChI is InChI=1S/C16H19N5O3/c1-10-4-14-15(5-11(10)2)19(9-17-14)6-13(22)7-20-8-16(21(23)24)12(3)18-20/h4-5,8-9,13,22H,6-7H2,1-3H3. The SMILES string of the molecule is Cc1cc2ncn(CC(O)Cn3cc([N+](=O)[O-])c(C)n3)c2cc1C. The van der Waals surface area contributed by atoms with E-state index in [0.717, 1.165) is 16.6 Å². The molecule has 0 aliphatic rings. The van der Waals surface area contributed by atoms with Crippen LogP contribution in [-0.4, -0.2) is 35.5 Å². The van der Waals surface area contributed by atoms with E-state index in [1.165, 1.54) is 16.4 Å². The van der Waals surface area contributed by atoms with Crippen LogP contribution in [0.2, 0.25) is 0 Å². The minimum atomic E-state index is -0.733. The van der Waals surface area contributed by atoms with Gasteiger partial charge in [-0.2, -0.15) is 5.10 Å². The van der Waals surface area contributed by atoms with Crippen LogP contribution in [-0.2, 0) is 13.1 Å². The second-order valence-electron chi connectivity index (χ2n) is 6.05. The number of hydrogen-bond donors (Lipinski definition) is 1. The summed E-state index contributed by atoms with van der Waals surface area (Å²) in [6, 6.07) is 4.07. The lowest BCUT2D eigenvalue weighted by atomic mass is 10.1. The Morgan fingerprint density at radius 2 is 1.96 bits per heavy atom. The van der Waals surface area contributed by atoms with Gasteiger partial charge in [0.2, 0.25) is 0 Å². The summed E-state index contributed by atoms with van der Waals surface area (Å²) in [7, 11) is 0. The van der Waals surface area contributed by atoms with Crippen LogP contribution >= 0.6 is 0 Å². The first-order valence-electron chi connectivity index (χ1n) is 7.63. The monoisotopic (exact) mass is 329 g/mol. The molecule has 1 N–H and O–H groups in total. The highest BCUT2D eigenvalue weighted by molar-refractivity contribution is 5.77. The van der Waals surface area contributed by atoms with Crippen molar-refractivity contribution in [3.63, 3.8) is 0 Å². The number of nitrogens with zero attached hydrogens (tertiary/aromatic N) is 5. The molecule has 0 saturated heterocycles. The number of rotatable bonds is 5. The van der Waals surface area contributed by atoms with E-state index in [1.54, 1.807) is 13.3 Å². The quantitative estimate of drug-likeness (QED) is 0.571. The molecule has 24 heavy (non-hydrogen) atoms. The number of aliphatic hydroxyl groups is 1. The van der Waals surface area contributed by atoms with Crippen LogP contribution in [0.4, 0.5) is 5.69 Å². The molecule has 126 valence electrons. The summed E-state index contributed by atoms with van der Waals surface area (Å²) in [6.45, 7) is 6.17. The van der Waals surface area contributed by atoms with E-state index in [0.29, 0.717) is 12.2 Å². The first-order chi connectivity index (χ1) is 11.3. The van der Waals surface area contributed by atoms with Gasteiger partial charge < -0.3 is 9.67 Å². The van der Waals surface area contributed by atoms with Crippen molar-refractivity contribution in [1.29, 1.82) is 0 Å². The highest BCUT2D eigenvalue weighted by Gasteiger charge is 2.17. The summed E-state index contributed by atoms with van der Waals surface area (Å²) in [4.78, 5) is 14.8. The molecule has 2 heterocycles. The number of nitro groups is 1. The van der Waals surface area contributed by atoms with E-state index in [-0.39, 0.29) is 12.2 Å². The van der Waals surface area contributed by atoms with Gasteiger partial charge >= 0.3 is 5.69 Å². The van der Waals surface area contributed by atoms with Crippen LogP contribution in [0.15, 0.2) is 24.7 Å². The van der Waals surface area contributed by atoms with Gasteiger partial charge in [-0.1, -0.05) is 0 Å². The highest BCUT2D eigenvalue weighted by Crippen LogP contribution is 2.19. The van der Waals surface area contributed by atoms with Crippen molar-refractivity contribution >= 4 is 16.7 Å². The Bertz CT molecular complexity index is 912. The van der Waals surface area contributed by atoms with E-state index < -0.39 is 11.0 Å². The predicted molar refractivity (Wildman–Crippen MR) is 88.8 cm³/mol. The summed E-state index contributed by atoms with van der Waals surface area (Å²) < 4.78 is 3.30. The zero-order valence-electron chi connectivity index (χ0n) is 13.8. The normalized spacial score (nSPS) is 12.7. The van der Waals surface area contributed by atoms with E-state index in [1.807, 2.05) is 30.5 Å². The minimum Gasteiger partial charge on any atom is -0.389 e. The van der Waals surface area contributed by atoms with E-state index in [4.69, 9.17) is 0 Å². The summed E-state index contributed by atoms with van der Waals surface area (Å²) >= 11 is 0. The largest absolute Gasteiger partial charge is 0.389 e. The fraction of sp³-hybridized carbons (Fsp3) is 0.375. The number of aryl methyl sites for hydroxylation is 3. The Kier molecular flexibility index (Phi) is 4.06. The number of aliphatic hydroxyl groups excluding tert-OH is 1. The topological polar surface area (TPSA) is 99.0 Å². The fourth-order valence-corrected chi connectivity index (χ4v) is 2.74. The lowest BCUT2D eigenvalue weighted by Gasteiger charge is -2.12. The molecule has 8 nitrogen and oxygen atoms in total. The molecule has 0 amide bonds. The molecule has 1 atom stereocenters. The Morgan fingerprint density at radius 3 is 2.62 bits per heavy atom. The molecule has 0 aliphatic carbocycles. The summed E-state index contributed by atoms with van der Waals surface area (Å²) in [5, 5.41) is 25.3. The molecule has 0 radical (unpaired) electrons. The predicted octanol–water partition coefficient (Wildman–Crippen LogP) is 2.13. The van der Waals surface area contributed by atoms with Crippen LogP contribution < -0.4 is 0 Å². The van der Waals surface area contributed by atoms with E-state index >= 15 is 0 Å². The number of imidazole rings is 1. The highest BCUT2D eigenvalue weighted by atomic mass is 16.6. The maximum absolute atomic E-state index is 10.9. The van der Waals surface area contributed by atoms with E-state index in [9.17, 15) is 15.2 Å². The average molecular weight is 329 g/mol. The van der Waals surface area contributed by atoms with Crippen LogP contribution in [0, 0.1) is 30.9 Å². The number of hydrogen-bond acceptors (Lipinski definition) is 5. The molecule has 2 aromatic heterocycles. The molecule has 0 bridgehead atoms. The van der Waals surface area contributed by atoms with Crippen LogP contribution in [0.3, 0.4) is 0 Å². The van der Waals surface area contributed by atoms with Gasteiger partial charge in [0.25, 0.3) is 0 Å². The number of fused-ring (bicyclic) bond motifs is 1. The Labute approximate surface area is 138 Å². The maximum atomic E-state index is 10.9. The third-order valence-corrected chi connectivity index (χ3v) is 4.16. The van der Waals surface area contributed by atoms with Crippen molar-refractivity contribution in [2.75, 3.05) is 0 Å². The smallest absolute Gasteiger partial charge is 0.309 e. The number of aromatic nitrogens is 4. The average Bonchev–Trinajstić information content (AvgIpc) is 3.04. The van der Waals surface area contributed by atoms with Crippen molar-refractivity contribution in [2.24, 2.45) is 0 Å². The molecule has 3 aromatic rings. The second kappa shape index (κ2) is 6.04. The molecule has 1 aromatic carbocycles. The third kappa shape index (κ3) is 3.00. The lowest BCUT2D eigenvalue weighted by Crippen LogP contribution is -2.22. The molecular weight excluding hydrogens is 310 g/mol. The molecule has 8 heteroatoms. The van der Waals surface area contributed by atoms with Crippen molar-refractivity contribution in [3.05, 3.63) is 51.6 Å². The van der Waals surface area contributed by atoms with Gasteiger partial charge in [-0.3, -0.25) is 14.8 Å². The van der Waals surface area contributed by atoms with Crippen LogP contribution in [0.1, 0.15) is 16.8 Å². The molecule has 0 fully saturated rings. The Morgan fingerprint density at radius 1 is 1.25 bits per heavy atom. The van der Waals surface area contributed by atoms with Gasteiger partial charge in [-0.15, -0.1) is 0 Å². The molecular formula is C16H19N5O3. The summed E-state index contributed by atoms with van der Waals surface area (Å²) in [5.74, 6) is 0. The summed E-state index contributed by atoms with van der Waals surface area (Å²) in [6.07, 6.45) is 2.31. The van der Waals surface area contributed by atoms with Crippen molar-refractivity contribution in [3.8, 4) is 0 Å². The first kappa shape index (κ1) is 16.1. The van der Waals surface area contributed by atoms with Crippen LogP contribution in [0.25, 0.3) is 11.0 Å². The molecule has 0 spiro atoms. The van der Waals surface area contributed by atoms with Gasteiger partial charge in [0.05, 0.1) is 41.5 Å². The zero-order chi connectivity index (χ0) is 17.4. The Hall–Kier alpha value is -2.74. The van der Waals surface area contributed by atoms with Gasteiger partial charge in [0, 0.05) is 0 Å². The molecule has 1 unspecified atom stereocenters. The Balaban J connectivity index is 1.78. The first-order valence-corrected chi connectivity index (χ1v) is 7.63. The molecule has 0 aliphatic heterocycles. The maximum Gasteiger partial charge on any atom is 0.309 e. The third-order valence-electron chi connectivity index (χ3n) is 4.16. The summed E-state index contributed by atoms with van der Waals surface area (Å²) in [5.41, 5.74) is 4.48. The van der Waals surface area contributed by atoms with Crippen molar-refractivity contribution < 1.29 is 10.0 Å². The van der Waals surface area contributed by atoms with Gasteiger partial charge in [-0.05, 0) is 44.0 Å². The van der Waals surface area contributed by atoms with Gasteiger partial charge in [0.15, 0.2) is 0 Å². The minimum absolute atomic E-state index is 0.0404. The second-order valence-corrected chi connectivity index (χ2v) is 6.05. The van der Waals surface area contributed by atoms with E-state index in [2.05, 4.69) is 10.1 Å². The van der Waals surface area contributed by atoms with Crippen molar-refractivity contribution in [2.45, 2.75) is 40.0 Å². The van der Waals surface area contributed by atoms with Gasteiger partial charge in [0.1, 0.15) is 11.9 Å². The molecule has 3 rings (SSSR count). The van der Waals surface area contributed by atoms with Crippen molar-refractivity contribution in [1.82, 2.24) is 19.3 Å². The fourth-order valence-electron chi connectivity index (χ4n) is 2.74. The molecule has 0 saturated carbocycles. The van der Waals surface area contributed by atoms with Gasteiger partial charge in [-0.25, -0.2) is 4.98 Å². The number of benzene rings is 1. The zero-order valence-corrected chi connectivity index (χ0v) is 13.8.